The number of amides is 3. The Hall–Kier alpha value is -2.74. The van der Waals surface area contributed by atoms with Gasteiger partial charge in [0.2, 0.25) is 0 Å². The van der Waals surface area contributed by atoms with Crippen LogP contribution in [0.15, 0.2) is 30.6 Å². The highest BCUT2D eigenvalue weighted by molar-refractivity contribution is 6.07. The van der Waals surface area contributed by atoms with Gasteiger partial charge in [0.15, 0.2) is 0 Å². The van der Waals surface area contributed by atoms with Crippen LogP contribution in [0, 0.1) is 12.8 Å². The lowest BCUT2D eigenvalue weighted by molar-refractivity contribution is -0.136. The number of piperidine rings is 1. The zero-order chi connectivity index (χ0) is 22.2. The normalized spacial score (nSPS) is 19.3. The molecule has 0 unspecified atom stereocenters. The van der Waals surface area contributed by atoms with Crippen LogP contribution in [0.4, 0.5) is 4.79 Å². The van der Waals surface area contributed by atoms with E-state index in [9.17, 15) is 9.59 Å². The molecule has 8 heteroatoms. The Kier molecular flexibility index (Phi) is 5.83. The van der Waals surface area contributed by atoms with Gasteiger partial charge in [-0.2, -0.15) is 5.10 Å². The lowest BCUT2D eigenvalue weighted by atomic mass is 9.85. The Morgan fingerprint density at radius 1 is 1.13 bits per heavy atom. The van der Waals surface area contributed by atoms with Crippen LogP contribution < -0.4 is 0 Å². The van der Waals surface area contributed by atoms with Crippen molar-refractivity contribution in [2.24, 2.45) is 13.0 Å². The lowest BCUT2D eigenvalue weighted by Gasteiger charge is -2.42. The summed E-state index contributed by atoms with van der Waals surface area (Å²) in [6.07, 6.45) is 5.06. The molecule has 2 aromatic rings. The number of imide groups is 1. The molecule has 4 heterocycles. The molecule has 0 saturated carbocycles. The van der Waals surface area contributed by atoms with E-state index in [-0.39, 0.29) is 18.5 Å². The molecule has 0 aromatic carbocycles. The summed E-state index contributed by atoms with van der Waals surface area (Å²) >= 11 is 0. The molecule has 2 saturated heterocycles. The van der Waals surface area contributed by atoms with Gasteiger partial charge in [-0.3, -0.25) is 24.3 Å². The first-order valence-corrected chi connectivity index (χ1v) is 11.0. The fourth-order valence-electron chi connectivity index (χ4n) is 4.80. The molecule has 2 fully saturated rings. The van der Waals surface area contributed by atoms with Gasteiger partial charge in [0.05, 0.1) is 17.9 Å². The molecule has 0 atom stereocenters. The SMILES string of the molecule is Cc1nn(C)cc1CN1CCC2(CC1)C(=O)N(Cc1ccccn1)C(=O)N2CC(C)C. The summed E-state index contributed by atoms with van der Waals surface area (Å²) in [6.45, 7) is 9.40. The molecule has 4 rings (SSSR count). The van der Waals surface area contributed by atoms with Crippen LogP contribution in [0.2, 0.25) is 0 Å². The first-order chi connectivity index (χ1) is 14.8. The Labute approximate surface area is 183 Å². The van der Waals surface area contributed by atoms with Crippen LogP contribution in [-0.4, -0.2) is 66.6 Å². The Balaban J connectivity index is 1.52. The van der Waals surface area contributed by atoms with Crippen LogP contribution in [0.25, 0.3) is 0 Å². The van der Waals surface area contributed by atoms with Crippen molar-refractivity contribution in [3.05, 3.63) is 47.5 Å². The van der Waals surface area contributed by atoms with Crippen LogP contribution in [0.5, 0.6) is 0 Å². The van der Waals surface area contributed by atoms with E-state index in [4.69, 9.17) is 0 Å². The molecule has 0 bridgehead atoms. The number of nitrogens with zero attached hydrogens (tertiary/aromatic N) is 6. The van der Waals surface area contributed by atoms with Gasteiger partial charge >= 0.3 is 6.03 Å². The molecule has 31 heavy (non-hydrogen) atoms. The molecule has 3 amide bonds. The third-order valence-corrected chi connectivity index (χ3v) is 6.41. The number of likely N-dealkylation sites (tertiary alicyclic amines) is 1. The van der Waals surface area contributed by atoms with E-state index in [1.165, 1.54) is 10.5 Å². The monoisotopic (exact) mass is 424 g/mol. The van der Waals surface area contributed by atoms with Gasteiger partial charge in [-0.05, 0) is 37.8 Å². The second kappa shape index (κ2) is 8.42. The molecular formula is C23H32N6O2. The van der Waals surface area contributed by atoms with Crippen molar-refractivity contribution >= 4 is 11.9 Å². The van der Waals surface area contributed by atoms with E-state index >= 15 is 0 Å². The molecule has 2 aliphatic rings. The maximum Gasteiger partial charge on any atom is 0.328 e. The van der Waals surface area contributed by atoms with Crippen molar-refractivity contribution in [1.29, 1.82) is 0 Å². The van der Waals surface area contributed by atoms with Gasteiger partial charge in [-0.1, -0.05) is 19.9 Å². The summed E-state index contributed by atoms with van der Waals surface area (Å²) < 4.78 is 1.84. The quantitative estimate of drug-likeness (QED) is 0.667. The minimum Gasteiger partial charge on any atom is -0.309 e. The van der Waals surface area contributed by atoms with Crippen LogP contribution in [-0.2, 0) is 24.9 Å². The van der Waals surface area contributed by atoms with Crippen LogP contribution in [0.1, 0.15) is 43.6 Å². The van der Waals surface area contributed by atoms with E-state index in [0.717, 1.165) is 31.0 Å². The zero-order valence-electron chi connectivity index (χ0n) is 18.9. The molecule has 2 aliphatic heterocycles. The van der Waals surface area contributed by atoms with Crippen molar-refractivity contribution < 1.29 is 9.59 Å². The summed E-state index contributed by atoms with van der Waals surface area (Å²) in [5.41, 5.74) is 2.24. The number of hydrogen-bond acceptors (Lipinski definition) is 5. The second-order valence-electron chi connectivity index (χ2n) is 9.22. The lowest BCUT2D eigenvalue weighted by Crippen LogP contribution is -2.57. The Bertz CT molecular complexity index is 946. The predicted molar refractivity (Wildman–Crippen MR) is 117 cm³/mol. The Morgan fingerprint density at radius 3 is 2.45 bits per heavy atom. The highest BCUT2D eigenvalue weighted by Crippen LogP contribution is 2.38. The van der Waals surface area contributed by atoms with Gasteiger partial charge in [0.25, 0.3) is 5.91 Å². The summed E-state index contributed by atoms with van der Waals surface area (Å²) in [6, 6.07) is 5.40. The molecule has 0 radical (unpaired) electrons. The zero-order valence-corrected chi connectivity index (χ0v) is 18.9. The molecular weight excluding hydrogens is 392 g/mol. The molecule has 8 nitrogen and oxygen atoms in total. The minimum atomic E-state index is -0.739. The largest absolute Gasteiger partial charge is 0.328 e. The molecule has 0 aliphatic carbocycles. The van der Waals surface area contributed by atoms with Crippen LogP contribution >= 0.6 is 0 Å². The molecule has 1 spiro atoms. The van der Waals surface area contributed by atoms with Gasteiger partial charge in [-0.25, -0.2) is 4.79 Å². The number of aromatic nitrogens is 3. The topological polar surface area (TPSA) is 74.6 Å². The van der Waals surface area contributed by atoms with Crippen molar-refractivity contribution in [2.45, 2.75) is 52.2 Å². The fourth-order valence-corrected chi connectivity index (χ4v) is 4.80. The number of carbonyl (C=O) groups is 2. The average molecular weight is 425 g/mol. The van der Waals surface area contributed by atoms with Crippen molar-refractivity contribution in [2.75, 3.05) is 19.6 Å². The van der Waals surface area contributed by atoms with Gasteiger partial charge in [0, 0.05) is 51.2 Å². The van der Waals surface area contributed by atoms with Crippen molar-refractivity contribution in [3.8, 4) is 0 Å². The van der Waals surface area contributed by atoms with Gasteiger partial charge in [0.1, 0.15) is 5.54 Å². The van der Waals surface area contributed by atoms with Gasteiger partial charge < -0.3 is 4.90 Å². The third kappa shape index (κ3) is 4.08. The maximum absolute atomic E-state index is 13.6. The van der Waals surface area contributed by atoms with Crippen molar-refractivity contribution in [3.63, 3.8) is 0 Å². The van der Waals surface area contributed by atoms with E-state index in [1.54, 1.807) is 6.20 Å². The molecule has 0 N–H and O–H groups in total. The number of rotatable bonds is 6. The summed E-state index contributed by atoms with van der Waals surface area (Å²) in [7, 11) is 1.93. The first-order valence-electron chi connectivity index (χ1n) is 11.0. The van der Waals surface area contributed by atoms with E-state index in [0.29, 0.717) is 25.3 Å². The highest BCUT2D eigenvalue weighted by atomic mass is 16.2. The maximum atomic E-state index is 13.6. The average Bonchev–Trinajstić information content (AvgIpc) is 3.14. The minimum absolute atomic E-state index is 0.0685. The van der Waals surface area contributed by atoms with Crippen LogP contribution in [0.3, 0.4) is 0 Å². The first kappa shape index (κ1) is 21.5. The van der Waals surface area contributed by atoms with E-state index < -0.39 is 5.54 Å². The third-order valence-electron chi connectivity index (χ3n) is 6.41. The molecule has 166 valence electrons. The van der Waals surface area contributed by atoms with Gasteiger partial charge in [-0.15, -0.1) is 0 Å². The number of hydrogen-bond donors (Lipinski definition) is 0. The standard InChI is InChI=1S/C23H32N6O2/c1-17(2)13-29-22(31)28(16-20-7-5-6-10-24-20)21(30)23(29)8-11-27(12-9-23)15-19-14-26(4)25-18(19)3/h5-7,10,14,17H,8-9,11-13,15-16H2,1-4H3. The fraction of sp³-hybridized carbons (Fsp3) is 0.565. The van der Waals surface area contributed by atoms with E-state index in [2.05, 4.69) is 35.0 Å². The predicted octanol–water partition coefficient (Wildman–Crippen LogP) is 2.58. The highest BCUT2D eigenvalue weighted by Gasteiger charge is 2.57. The summed E-state index contributed by atoms with van der Waals surface area (Å²) in [4.78, 5) is 36.9. The number of aryl methyl sites for hydroxylation is 2. The molecule has 2 aromatic heterocycles. The second-order valence-corrected chi connectivity index (χ2v) is 9.22. The van der Waals surface area contributed by atoms with Crippen molar-refractivity contribution in [1.82, 2.24) is 29.5 Å². The smallest absolute Gasteiger partial charge is 0.309 e. The Morgan fingerprint density at radius 2 is 1.87 bits per heavy atom. The number of carbonyl (C=O) groups excluding carboxylic acids is 2. The van der Waals surface area contributed by atoms with E-state index in [1.807, 2.05) is 41.8 Å². The summed E-state index contributed by atoms with van der Waals surface area (Å²) in [5, 5.41) is 4.43. The summed E-state index contributed by atoms with van der Waals surface area (Å²) in [5.74, 6) is 0.223. The number of urea groups is 1. The number of pyridine rings is 1.